The first-order chi connectivity index (χ1) is 9.13. The van der Waals surface area contributed by atoms with Gasteiger partial charge in [0.15, 0.2) is 0 Å². The van der Waals surface area contributed by atoms with Crippen LogP contribution in [0.2, 0.25) is 0 Å². The number of rotatable bonds is 4. The van der Waals surface area contributed by atoms with Gasteiger partial charge in [0.1, 0.15) is 6.04 Å². The van der Waals surface area contributed by atoms with Gasteiger partial charge in [-0.3, -0.25) is 9.69 Å². The second-order valence-electron chi connectivity index (χ2n) is 5.45. The van der Waals surface area contributed by atoms with E-state index in [9.17, 15) is 9.90 Å². The Bertz CT molecular complexity index is 427. The molecular formula is C16H23NO2. The van der Waals surface area contributed by atoms with Crippen LogP contribution in [0.3, 0.4) is 0 Å². The van der Waals surface area contributed by atoms with E-state index >= 15 is 0 Å². The molecule has 1 aromatic carbocycles. The van der Waals surface area contributed by atoms with Crippen LogP contribution in [0.5, 0.6) is 0 Å². The van der Waals surface area contributed by atoms with Gasteiger partial charge in [0, 0.05) is 6.04 Å². The number of carbonyl (C=O) groups is 1. The predicted octanol–water partition coefficient (Wildman–Crippen LogP) is 3.39. The molecule has 0 aliphatic carbocycles. The number of likely N-dealkylation sites (tertiary alicyclic amines) is 1. The van der Waals surface area contributed by atoms with Gasteiger partial charge in [-0.15, -0.1) is 0 Å². The predicted molar refractivity (Wildman–Crippen MR) is 76.2 cm³/mol. The molecule has 104 valence electrons. The van der Waals surface area contributed by atoms with Gasteiger partial charge < -0.3 is 5.11 Å². The third kappa shape index (κ3) is 3.16. The summed E-state index contributed by atoms with van der Waals surface area (Å²) < 4.78 is 0. The van der Waals surface area contributed by atoms with Gasteiger partial charge in [-0.05, 0) is 38.3 Å². The first-order valence-corrected chi connectivity index (χ1v) is 7.18. The van der Waals surface area contributed by atoms with Crippen LogP contribution < -0.4 is 0 Å². The van der Waals surface area contributed by atoms with Crippen molar-refractivity contribution < 1.29 is 9.90 Å². The number of piperidine rings is 1. The van der Waals surface area contributed by atoms with Crippen molar-refractivity contribution in [1.82, 2.24) is 4.90 Å². The largest absolute Gasteiger partial charge is 0.480 e. The molecule has 0 aromatic heterocycles. The second kappa shape index (κ2) is 6.20. The number of aryl methyl sites for hydroxylation is 1. The van der Waals surface area contributed by atoms with E-state index in [-0.39, 0.29) is 0 Å². The molecular weight excluding hydrogens is 238 g/mol. The summed E-state index contributed by atoms with van der Waals surface area (Å²) in [5.74, 6) is -0.732. The van der Waals surface area contributed by atoms with Crippen molar-refractivity contribution in [2.24, 2.45) is 0 Å². The minimum Gasteiger partial charge on any atom is -0.480 e. The van der Waals surface area contributed by atoms with E-state index < -0.39 is 12.0 Å². The highest BCUT2D eigenvalue weighted by Gasteiger charge is 2.33. The summed E-state index contributed by atoms with van der Waals surface area (Å²) in [4.78, 5) is 13.9. The fraction of sp³-hybridized carbons (Fsp3) is 0.562. The van der Waals surface area contributed by atoms with Crippen molar-refractivity contribution in [3.05, 3.63) is 35.4 Å². The van der Waals surface area contributed by atoms with E-state index in [0.29, 0.717) is 6.04 Å². The maximum Gasteiger partial charge on any atom is 0.325 e. The Morgan fingerprint density at radius 3 is 2.63 bits per heavy atom. The molecule has 1 N–H and O–H groups in total. The lowest BCUT2D eigenvalue weighted by Gasteiger charge is -2.39. The number of hydrogen-bond donors (Lipinski definition) is 1. The van der Waals surface area contributed by atoms with Crippen LogP contribution in [0.15, 0.2) is 24.3 Å². The van der Waals surface area contributed by atoms with E-state index in [1.54, 1.807) is 0 Å². The highest BCUT2D eigenvalue weighted by molar-refractivity contribution is 5.75. The molecule has 1 aliphatic heterocycles. The molecule has 0 spiro atoms. The normalized spacial score (nSPS) is 22.1. The molecule has 0 radical (unpaired) electrons. The lowest BCUT2D eigenvalue weighted by Crippen LogP contribution is -2.44. The molecule has 1 aromatic rings. The summed E-state index contributed by atoms with van der Waals surface area (Å²) >= 11 is 0. The van der Waals surface area contributed by atoms with Crippen molar-refractivity contribution >= 4 is 5.97 Å². The summed E-state index contributed by atoms with van der Waals surface area (Å²) in [6.07, 6.45) is 4.46. The highest BCUT2D eigenvalue weighted by Crippen LogP contribution is 2.30. The van der Waals surface area contributed by atoms with Crippen molar-refractivity contribution in [2.45, 2.75) is 51.6 Å². The molecule has 3 nitrogen and oxygen atoms in total. The van der Waals surface area contributed by atoms with E-state index in [1.165, 1.54) is 12.0 Å². The first-order valence-electron chi connectivity index (χ1n) is 7.18. The monoisotopic (exact) mass is 261 g/mol. The zero-order chi connectivity index (χ0) is 13.8. The summed E-state index contributed by atoms with van der Waals surface area (Å²) in [7, 11) is 0. The Hall–Kier alpha value is -1.35. The third-order valence-corrected chi connectivity index (χ3v) is 4.10. The Morgan fingerprint density at radius 1 is 1.37 bits per heavy atom. The first kappa shape index (κ1) is 14.1. The average Bonchev–Trinajstić information content (AvgIpc) is 2.41. The second-order valence-corrected chi connectivity index (χ2v) is 5.45. The number of carboxylic acid groups (broad SMARTS) is 1. The van der Waals surface area contributed by atoms with Crippen LogP contribution in [0.4, 0.5) is 0 Å². The molecule has 19 heavy (non-hydrogen) atoms. The molecule has 0 bridgehead atoms. The summed E-state index contributed by atoms with van der Waals surface area (Å²) in [5.41, 5.74) is 2.07. The Morgan fingerprint density at radius 2 is 2.05 bits per heavy atom. The lowest BCUT2D eigenvalue weighted by molar-refractivity contribution is -0.145. The van der Waals surface area contributed by atoms with Crippen LogP contribution >= 0.6 is 0 Å². The number of nitrogens with zero attached hydrogens (tertiary/aromatic N) is 1. The molecule has 1 fully saturated rings. The summed E-state index contributed by atoms with van der Waals surface area (Å²) in [5, 5.41) is 9.62. The molecule has 2 atom stereocenters. The maximum absolute atomic E-state index is 11.7. The fourth-order valence-corrected chi connectivity index (χ4v) is 3.03. The van der Waals surface area contributed by atoms with Gasteiger partial charge in [-0.2, -0.15) is 0 Å². The minimum atomic E-state index is -0.732. The van der Waals surface area contributed by atoms with Gasteiger partial charge in [0.25, 0.3) is 0 Å². The van der Waals surface area contributed by atoms with E-state index in [0.717, 1.165) is 31.4 Å². The van der Waals surface area contributed by atoms with E-state index in [1.807, 2.05) is 31.2 Å². The molecule has 0 saturated carbocycles. The van der Waals surface area contributed by atoms with Crippen molar-refractivity contribution in [1.29, 1.82) is 0 Å². The molecule has 2 unspecified atom stereocenters. The number of benzene rings is 1. The van der Waals surface area contributed by atoms with Gasteiger partial charge in [0.05, 0.1) is 0 Å². The van der Waals surface area contributed by atoms with Gasteiger partial charge in [-0.1, -0.05) is 43.2 Å². The van der Waals surface area contributed by atoms with Gasteiger partial charge >= 0.3 is 5.97 Å². The minimum absolute atomic E-state index is 0.399. The Kier molecular flexibility index (Phi) is 4.59. The fourth-order valence-electron chi connectivity index (χ4n) is 3.03. The quantitative estimate of drug-likeness (QED) is 0.903. The summed E-state index contributed by atoms with van der Waals surface area (Å²) in [6.45, 7) is 5.07. The molecule has 1 aliphatic rings. The lowest BCUT2D eigenvalue weighted by atomic mass is 9.94. The molecule has 1 heterocycles. The van der Waals surface area contributed by atoms with Crippen LogP contribution in [0.25, 0.3) is 0 Å². The number of hydrogen-bond acceptors (Lipinski definition) is 2. The van der Waals surface area contributed by atoms with Crippen LogP contribution in [-0.4, -0.2) is 28.6 Å². The smallest absolute Gasteiger partial charge is 0.325 e. The SMILES string of the molecule is CCC1CCCCN1C(C(=O)O)c1ccc(C)cc1. The van der Waals surface area contributed by atoms with E-state index in [2.05, 4.69) is 11.8 Å². The molecule has 0 amide bonds. The van der Waals surface area contributed by atoms with Crippen LogP contribution in [0, 0.1) is 6.92 Å². The Labute approximate surface area is 115 Å². The molecule has 2 rings (SSSR count). The zero-order valence-corrected chi connectivity index (χ0v) is 11.8. The van der Waals surface area contributed by atoms with Gasteiger partial charge in [-0.25, -0.2) is 0 Å². The highest BCUT2D eigenvalue weighted by atomic mass is 16.4. The topological polar surface area (TPSA) is 40.5 Å². The van der Waals surface area contributed by atoms with Crippen molar-refractivity contribution in [2.75, 3.05) is 6.54 Å². The van der Waals surface area contributed by atoms with Gasteiger partial charge in [0.2, 0.25) is 0 Å². The molecule has 1 saturated heterocycles. The Balaban J connectivity index is 2.28. The van der Waals surface area contributed by atoms with Crippen LogP contribution in [0.1, 0.15) is 49.8 Å². The zero-order valence-electron chi connectivity index (χ0n) is 11.8. The average molecular weight is 261 g/mol. The maximum atomic E-state index is 11.7. The van der Waals surface area contributed by atoms with Crippen LogP contribution in [-0.2, 0) is 4.79 Å². The summed E-state index contributed by atoms with van der Waals surface area (Å²) in [6, 6.07) is 7.80. The third-order valence-electron chi connectivity index (χ3n) is 4.10. The standard InChI is InChI=1S/C16H23NO2/c1-3-14-6-4-5-11-17(14)15(16(18)19)13-9-7-12(2)8-10-13/h7-10,14-15H,3-6,11H2,1-2H3,(H,18,19). The number of carboxylic acids is 1. The van der Waals surface area contributed by atoms with E-state index in [4.69, 9.17) is 0 Å². The van der Waals surface area contributed by atoms with Crippen molar-refractivity contribution in [3.8, 4) is 0 Å². The molecule has 3 heteroatoms. The van der Waals surface area contributed by atoms with Crippen molar-refractivity contribution in [3.63, 3.8) is 0 Å². The number of aliphatic carboxylic acids is 1.